The van der Waals surface area contributed by atoms with E-state index in [0.29, 0.717) is 11.3 Å². The number of aryl methyl sites for hydroxylation is 1. The molecule has 1 aromatic heterocycles. The maximum Gasteiger partial charge on any atom is 0.270 e. The number of phenols is 1. The number of rotatable bonds is 6. The zero-order valence-electron chi connectivity index (χ0n) is 13.6. The molecule has 0 aliphatic heterocycles. The summed E-state index contributed by atoms with van der Waals surface area (Å²) in [5, 5.41) is 33.8. The van der Waals surface area contributed by atoms with Crippen LogP contribution in [-0.4, -0.2) is 28.3 Å². The van der Waals surface area contributed by atoms with Crippen molar-refractivity contribution >= 4 is 17.7 Å². The van der Waals surface area contributed by atoms with Crippen LogP contribution in [0.25, 0.3) is 0 Å². The number of benzene rings is 1. The van der Waals surface area contributed by atoms with Crippen molar-refractivity contribution in [3.05, 3.63) is 56.8 Å². The van der Waals surface area contributed by atoms with E-state index in [2.05, 4.69) is 15.5 Å². The number of hydrogen-bond acceptors (Lipinski definition) is 8. The standard InChI is InChI=1S/C16H15N5O4/c1-10-5-12(9-25-2)14(7-17)16(19-10)20-18-8-11-6-13(21(23)24)3-4-15(11)22/h3-6,8,22H,9H2,1-2H3,(H,19,20)/b18-8+. The molecule has 25 heavy (non-hydrogen) atoms. The Hall–Kier alpha value is -3.51. The summed E-state index contributed by atoms with van der Waals surface area (Å²) in [5.74, 6) is 0.0738. The number of non-ortho nitro benzene ring substituents is 1. The largest absolute Gasteiger partial charge is 0.507 e. The summed E-state index contributed by atoms with van der Waals surface area (Å²) >= 11 is 0. The molecule has 0 fully saturated rings. The number of hydrogen-bond donors (Lipinski definition) is 2. The highest BCUT2D eigenvalue weighted by Crippen LogP contribution is 2.22. The number of pyridine rings is 1. The van der Waals surface area contributed by atoms with E-state index in [1.54, 1.807) is 13.0 Å². The Balaban J connectivity index is 2.30. The van der Waals surface area contributed by atoms with Crippen molar-refractivity contribution in [3.63, 3.8) is 0 Å². The van der Waals surface area contributed by atoms with Crippen LogP contribution in [0, 0.1) is 28.4 Å². The molecule has 0 saturated carbocycles. The maximum atomic E-state index is 10.8. The third-order valence-corrected chi connectivity index (χ3v) is 3.24. The molecule has 0 spiro atoms. The van der Waals surface area contributed by atoms with Gasteiger partial charge in [0, 0.05) is 36.1 Å². The van der Waals surface area contributed by atoms with Crippen LogP contribution in [0.5, 0.6) is 5.75 Å². The molecule has 0 amide bonds. The van der Waals surface area contributed by atoms with Crippen molar-refractivity contribution in [1.82, 2.24) is 4.98 Å². The van der Waals surface area contributed by atoms with E-state index in [0.717, 1.165) is 0 Å². The molecule has 1 heterocycles. The van der Waals surface area contributed by atoms with E-state index in [9.17, 15) is 20.5 Å². The first-order valence-electron chi connectivity index (χ1n) is 7.12. The maximum absolute atomic E-state index is 10.8. The van der Waals surface area contributed by atoms with Gasteiger partial charge in [-0.1, -0.05) is 0 Å². The fraction of sp³-hybridized carbons (Fsp3) is 0.188. The van der Waals surface area contributed by atoms with Gasteiger partial charge in [0.2, 0.25) is 0 Å². The number of phenolic OH excluding ortho intramolecular Hbond substituents is 1. The first-order chi connectivity index (χ1) is 12.0. The molecule has 9 nitrogen and oxygen atoms in total. The Labute approximate surface area is 143 Å². The van der Waals surface area contributed by atoms with Crippen LogP contribution >= 0.6 is 0 Å². The van der Waals surface area contributed by atoms with Crippen molar-refractivity contribution in [1.29, 1.82) is 5.26 Å². The molecule has 0 aliphatic carbocycles. The van der Waals surface area contributed by atoms with Gasteiger partial charge in [-0.25, -0.2) is 4.98 Å². The Kier molecular flexibility index (Phi) is 5.60. The molecule has 2 rings (SSSR count). The molecule has 2 N–H and O–H groups in total. The number of ether oxygens (including phenoxy) is 1. The predicted octanol–water partition coefficient (Wildman–Crippen LogP) is 2.47. The summed E-state index contributed by atoms with van der Waals surface area (Å²) < 4.78 is 5.06. The van der Waals surface area contributed by atoms with Crippen molar-refractivity contribution in [3.8, 4) is 11.8 Å². The number of hydrazone groups is 1. The second-order valence-electron chi connectivity index (χ2n) is 5.06. The van der Waals surface area contributed by atoms with Gasteiger partial charge in [-0.3, -0.25) is 15.5 Å². The van der Waals surface area contributed by atoms with Crippen LogP contribution in [0.4, 0.5) is 11.5 Å². The lowest BCUT2D eigenvalue weighted by molar-refractivity contribution is -0.384. The molecule has 1 aromatic carbocycles. The van der Waals surface area contributed by atoms with E-state index >= 15 is 0 Å². The molecule has 0 bridgehead atoms. The van der Waals surface area contributed by atoms with Gasteiger partial charge in [0.25, 0.3) is 5.69 Å². The third kappa shape index (κ3) is 4.27. The molecule has 0 unspecified atom stereocenters. The van der Waals surface area contributed by atoms with E-state index in [-0.39, 0.29) is 35.0 Å². The minimum absolute atomic E-state index is 0.157. The molecule has 0 aliphatic rings. The van der Waals surface area contributed by atoms with Crippen molar-refractivity contribution in [2.45, 2.75) is 13.5 Å². The Morgan fingerprint density at radius 1 is 1.52 bits per heavy atom. The smallest absolute Gasteiger partial charge is 0.270 e. The highest BCUT2D eigenvalue weighted by Gasteiger charge is 2.11. The lowest BCUT2D eigenvalue weighted by atomic mass is 10.1. The number of nitrogens with one attached hydrogen (secondary N) is 1. The fourth-order valence-electron chi connectivity index (χ4n) is 2.14. The van der Waals surface area contributed by atoms with Gasteiger partial charge in [0.05, 0.1) is 17.7 Å². The minimum Gasteiger partial charge on any atom is -0.507 e. The Bertz CT molecular complexity index is 874. The average molecular weight is 341 g/mol. The average Bonchev–Trinajstić information content (AvgIpc) is 2.56. The number of nitrogens with zero attached hydrogens (tertiary/aromatic N) is 4. The summed E-state index contributed by atoms with van der Waals surface area (Å²) in [5.41, 5.74) is 4.23. The lowest BCUT2D eigenvalue weighted by Crippen LogP contribution is -2.03. The zero-order chi connectivity index (χ0) is 18.4. The highest BCUT2D eigenvalue weighted by atomic mass is 16.6. The van der Waals surface area contributed by atoms with Crippen LogP contribution in [0.3, 0.4) is 0 Å². The van der Waals surface area contributed by atoms with E-state index in [1.807, 2.05) is 6.07 Å². The fourth-order valence-corrected chi connectivity index (χ4v) is 2.14. The molecule has 0 saturated heterocycles. The van der Waals surface area contributed by atoms with Crippen molar-refractivity contribution in [2.75, 3.05) is 12.5 Å². The topological polar surface area (TPSA) is 134 Å². The summed E-state index contributed by atoms with van der Waals surface area (Å²) in [4.78, 5) is 14.4. The van der Waals surface area contributed by atoms with Crippen molar-refractivity contribution in [2.24, 2.45) is 5.10 Å². The summed E-state index contributed by atoms with van der Waals surface area (Å²) in [6, 6.07) is 7.37. The molecule has 2 aromatic rings. The van der Waals surface area contributed by atoms with Crippen LogP contribution in [0.1, 0.15) is 22.4 Å². The minimum atomic E-state index is -0.572. The molecule has 9 heteroatoms. The second kappa shape index (κ2) is 7.85. The number of aromatic nitrogens is 1. The Morgan fingerprint density at radius 2 is 2.28 bits per heavy atom. The first kappa shape index (κ1) is 17.8. The van der Waals surface area contributed by atoms with Gasteiger partial charge in [-0.15, -0.1) is 0 Å². The van der Waals surface area contributed by atoms with Gasteiger partial charge < -0.3 is 9.84 Å². The van der Waals surface area contributed by atoms with Gasteiger partial charge in [0.15, 0.2) is 5.82 Å². The van der Waals surface area contributed by atoms with Crippen LogP contribution in [0.2, 0.25) is 0 Å². The summed E-state index contributed by atoms with van der Waals surface area (Å²) in [6.07, 6.45) is 1.21. The van der Waals surface area contributed by atoms with Crippen molar-refractivity contribution < 1.29 is 14.8 Å². The number of nitro groups is 1. The number of anilines is 1. The highest BCUT2D eigenvalue weighted by molar-refractivity contribution is 5.85. The summed E-state index contributed by atoms with van der Waals surface area (Å²) in [7, 11) is 1.52. The second-order valence-corrected chi connectivity index (χ2v) is 5.06. The molecule has 0 atom stereocenters. The van der Waals surface area contributed by atoms with Crippen LogP contribution in [-0.2, 0) is 11.3 Å². The van der Waals surface area contributed by atoms with Crippen LogP contribution in [0.15, 0.2) is 29.4 Å². The SMILES string of the molecule is COCc1cc(C)nc(N/N=C/c2cc([N+](=O)[O-])ccc2O)c1C#N. The van der Waals surface area contributed by atoms with Gasteiger partial charge in [-0.2, -0.15) is 10.4 Å². The number of methoxy groups -OCH3 is 1. The van der Waals surface area contributed by atoms with Gasteiger partial charge in [-0.05, 0) is 19.1 Å². The quantitative estimate of drug-likeness (QED) is 0.468. The number of nitriles is 1. The van der Waals surface area contributed by atoms with E-state index in [4.69, 9.17) is 4.74 Å². The van der Waals surface area contributed by atoms with Gasteiger partial charge in [0.1, 0.15) is 17.4 Å². The first-order valence-corrected chi connectivity index (χ1v) is 7.12. The van der Waals surface area contributed by atoms with Crippen LogP contribution < -0.4 is 5.43 Å². The number of nitro benzene ring substituents is 1. The van der Waals surface area contributed by atoms with E-state index in [1.165, 1.54) is 31.5 Å². The third-order valence-electron chi connectivity index (χ3n) is 3.24. The lowest BCUT2D eigenvalue weighted by Gasteiger charge is -2.09. The van der Waals surface area contributed by atoms with Gasteiger partial charge >= 0.3 is 0 Å². The number of aromatic hydroxyl groups is 1. The zero-order valence-corrected chi connectivity index (χ0v) is 13.6. The Morgan fingerprint density at radius 3 is 2.92 bits per heavy atom. The molecule has 0 radical (unpaired) electrons. The monoisotopic (exact) mass is 341 g/mol. The molecular weight excluding hydrogens is 326 g/mol. The summed E-state index contributed by atoms with van der Waals surface area (Å²) in [6.45, 7) is 2.01. The molecular formula is C16H15N5O4. The van der Waals surface area contributed by atoms with E-state index < -0.39 is 4.92 Å². The molecule has 128 valence electrons. The normalized spacial score (nSPS) is 10.6. The predicted molar refractivity (Wildman–Crippen MR) is 90.4 cm³/mol.